The molecule has 82 heavy (non-hydrogen) atoms. The molecule has 0 saturated heterocycles. The SMILES string of the molecule is CC/C=C\C/C=C\C/C=C\C/C=C\C/C=C\C/C=C\C/C=C\C/C=C\C/C=C\CCCCCCCC(=O)OCC(COC(=O)CCCCCCCCCCCCCCC)OC(=O)CCCCCCCCC/C=C\CCCCCCCCC. The molecule has 6 nitrogen and oxygen atoms in total. The molecule has 0 amide bonds. The van der Waals surface area contributed by atoms with Crippen molar-refractivity contribution in [1.29, 1.82) is 0 Å². The Balaban J connectivity index is 4.33. The second-order valence-corrected chi connectivity index (χ2v) is 22.7. The molecule has 0 saturated carbocycles. The van der Waals surface area contributed by atoms with Crippen LogP contribution < -0.4 is 0 Å². The van der Waals surface area contributed by atoms with Gasteiger partial charge in [0.25, 0.3) is 0 Å². The molecule has 0 spiro atoms. The van der Waals surface area contributed by atoms with E-state index in [9.17, 15) is 14.4 Å². The van der Waals surface area contributed by atoms with E-state index in [-0.39, 0.29) is 31.1 Å². The molecule has 0 rings (SSSR count). The molecule has 0 heterocycles. The number of hydrogen-bond donors (Lipinski definition) is 0. The Hall–Kier alpha value is -4.19. The van der Waals surface area contributed by atoms with E-state index in [4.69, 9.17) is 14.2 Å². The van der Waals surface area contributed by atoms with Crippen LogP contribution >= 0.6 is 0 Å². The van der Waals surface area contributed by atoms with Crippen LogP contribution in [0.25, 0.3) is 0 Å². The first kappa shape index (κ1) is 77.8. The van der Waals surface area contributed by atoms with Crippen molar-refractivity contribution in [2.45, 2.75) is 329 Å². The molecule has 1 unspecified atom stereocenters. The van der Waals surface area contributed by atoms with Crippen LogP contribution in [-0.2, 0) is 28.6 Å². The van der Waals surface area contributed by atoms with Gasteiger partial charge in [-0.05, 0) is 116 Å². The van der Waals surface area contributed by atoms with Gasteiger partial charge in [0, 0.05) is 19.3 Å². The molecule has 468 valence electrons. The van der Waals surface area contributed by atoms with Gasteiger partial charge in [0.15, 0.2) is 6.10 Å². The summed E-state index contributed by atoms with van der Waals surface area (Å²) in [6.45, 7) is 6.53. The summed E-state index contributed by atoms with van der Waals surface area (Å²) in [7, 11) is 0. The normalized spacial score (nSPS) is 12.9. The van der Waals surface area contributed by atoms with Gasteiger partial charge >= 0.3 is 17.9 Å². The van der Waals surface area contributed by atoms with Gasteiger partial charge in [-0.15, -0.1) is 0 Å². The van der Waals surface area contributed by atoms with E-state index in [2.05, 4.69) is 142 Å². The molecule has 0 aliphatic carbocycles. The summed E-state index contributed by atoms with van der Waals surface area (Å²) >= 11 is 0. The van der Waals surface area contributed by atoms with Crippen molar-refractivity contribution in [3.63, 3.8) is 0 Å². The van der Waals surface area contributed by atoms with E-state index in [1.807, 2.05) is 0 Å². The number of allylic oxidation sites excluding steroid dienone is 20. The summed E-state index contributed by atoms with van der Waals surface area (Å²) in [5.41, 5.74) is 0. The Bertz CT molecular complexity index is 1690. The fraction of sp³-hybridized carbons (Fsp3) is 0.697. The Kier molecular flexibility index (Phi) is 65.8. The van der Waals surface area contributed by atoms with Crippen molar-refractivity contribution in [2.75, 3.05) is 13.2 Å². The Labute approximate surface area is 507 Å². The van der Waals surface area contributed by atoms with Gasteiger partial charge in [-0.1, -0.05) is 309 Å². The molecule has 6 heteroatoms. The quantitative estimate of drug-likeness (QED) is 0.0261. The highest BCUT2D eigenvalue weighted by molar-refractivity contribution is 5.71. The van der Waals surface area contributed by atoms with Crippen molar-refractivity contribution >= 4 is 17.9 Å². The van der Waals surface area contributed by atoms with E-state index in [1.165, 1.54) is 148 Å². The second kappa shape index (κ2) is 69.3. The van der Waals surface area contributed by atoms with E-state index in [1.54, 1.807) is 0 Å². The third-order valence-corrected chi connectivity index (χ3v) is 14.7. The van der Waals surface area contributed by atoms with Crippen LogP contribution in [0.1, 0.15) is 323 Å². The molecule has 0 fully saturated rings. The summed E-state index contributed by atoms with van der Waals surface area (Å²) in [5.74, 6) is -0.899. The minimum atomic E-state index is -0.790. The van der Waals surface area contributed by atoms with E-state index in [0.29, 0.717) is 19.3 Å². The first-order chi connectivity index (χ1) is 40.5. The molecule has 0 aromatic carbocycles. The maximum atomic E-state index is 12.9. The van der Waals surface area contributed by atoms with Gasteiger partial charge in [0.1, 0.15) is 13.2 Å². The van der Waals surface area contributed by atoms with Gasteiger partial charge in [0.05, 0.1) is 0 Å². The van der Waals surface area contributed by atoms with Crippen molar-refractivity contribution in [1.82, 2.24) is 0 Å². The molecular weight excluding hydrogens is 1010 g/mol. The molecule has 0 aliphatic rings. The molecule has 0 N–H and O–H groups in total. The summed E-state index contributed by atoms with van der Waals surface area (Å²) < 4.78 is 16.9. The highest BCUT2D eigenvalue weighted by atomic mass is 16.6. The Morgan fingerprint density at radius 1 is 0.256 bits per heavy atom. The van der Waals surface area contributed by atoms with Gasteiger partial charge in [0.2, 0.25) is 0 Å². The lowest BCUT2D eigenvalue weighted by Gasteiger charge is -2.18. The molecule has 0 aromatic heterocycles. The number of esters is 3. The molecule has 0 aromatic rings. The smallest absolute Gasteiger partial charge is 0.306 e. The number of carbonyl (C=O) groups excluding carboxylic acids is 3. The Morgan fingerprint density at radius 3 is 0.756 bits per heavy atom. The van der Waals surface area contributed by atoms with Gasteiger partial charge in [-0.3, -0.25) is 14.4 Å². The van der Waals surface area contributed by atoms with Crippen molar-refractivity contribution in [3.8, 4) is 0 Å². The number of unbranched alkanes of at least 4 members (excludes halogenated alkanes) is 31. The van der Waals surface area contributed by atoms with Crippen molar-refractivity contribution in [2.24, 2.45) is 0 Å². The zero-order valence-electron chi connectivity index (χ0n) is 53.7. The highest BCUT2D eigenvalue weighted by Gasteiger charge is 2.19. The molecule has 0 aliphatic heterocycles. The molecular formula is C76H128O6. The van der Waals surface area contributed by atoms with Crippen LogP contribution in [0.4, 0.5) is 0 Å². The fourth-order valence-electron chi connectivity index (χ4n) is 9.55. The topological polar surface area (TPSA) is 78.9 Å². The predicted octanol–water partition coefficient (Wildman–Crippen LogP) is 23.9. The number of carbonyl (C=O) groups is 3. The summed E-state index contributed by atoms with van der Waals surface area (Å²) in [5, 5.41) is 0. The predicted molar refractivity (Wildman–Crippen MR) is 357 cm³/mol. The third-order valence-electron chi connectivity index (χ3n) is 14.7. The molecule has 0 radical (unpaired) electrons. The lowest BCUT2D eigenvalue weighted by molar-refractivity contribution is -0.167. The van der Waals surface area contributed by atoms with Crippen LogP contribution in [0.3, 0.4) is 0 Å². The second-order valence-electron chi connectivity index (χ2n) is 22.7. The average molecular weight is 1140 g/mol. The van der Waals surface area contributed by atoms with Crippen molar-refractivity contribution in [3.05, 3.63) is 122 Å². The van der Waals surface area contributed by atoms with Crippen LogP contribution in [-0.4, -0.2) is 37.2 Å². The summed E-state index contributed by atoms with van der Waals surface area (Å²) in [6.07, 6.45) is 96.4. The highest BCUT2D eigenvalue weighted by Crippen LogP contribution is 2.16. The van der Waals surface area contributed by atoms with Crippen LogP contribution in [0, 0.1) is 0 Å². The van der Waals surface area contributed by atoms with Crippen LogP contribution in [0.5, 0.6) is 0 Å². The number of ether oxygens (including phenoxy) is 3. The average Bonchev–Trinajstić information content (AvgIpc) is 3.47. The van der Waals surface area contributed by atoms with E-state index < -0.39 is 6.10 Å². The zero-order valence-corrected chi connectivity index (χ0v) is 53.7. The van der Waals surface area contributed by atoms with E-state index >= 15 is 0 Å². The van der Waals surface area contributed by atoms with Crippen molar-refractivity contribution < 1.29 is 28.6 Å². The van der Waals surface area contributed by atoms with E-state index in [0.717, 1.165) is 135 Å². The first-order valence-corrected chi connectivity index (χ1v) is 34.5. The first-order valence-electron chi connectivity index (χ1n) is 34.5. The molecule has 1 atom stereocenters. The Morgan fingerprint density at radius 2 is 0.476 bits per heavy atom. The fourth-order valence-corrected chi connectivity index (χ4v) is 9.55. The van der Waals surface area contributed by atoms with Gasteiger partial charge < -0.3 is 14.2 Å². The number of hydrogen-bond acceptors (Lipinski definition) is 6. The van der Waals surface area contributed by atoms with Gasteiger partial charge in [-0.25, -0.2) is 0 Å². The number of rotatable bonds is 62. The van der Waals surface area contributed by atoms with Gasteiger partial charge in [-0.2, -0.15) is 0 Å². The minimum Gasteiger partial charge on any atom is -0.462 e. The van der Waals surface area contributed by atoms with Crippen LogP contribution in [0.2, 0.25) is 0 Å². The molecule has 0 bridgehead atoms. The maximum Gasteiger partial charge on any atom is 0.306 e. The zero-order chi connectivity index (χ0) is 59.2. The van der Waals surface area contributed by atoms with Crippen LogP contribution in [0.15, 0.2) is 122 Å². The lowest BCUT2D eigenvalue weighted by atomic mass is 10.0. The lowest BCUT2D eigenvalue weighted by Crippen LogP contribution is -2.30. The minimum absolute atomic E-state index is 0.0843. The summed E-state index contributed by atoms with van der Waals surface area (Å²) in [4.78, 5) is 38.4. The largest absolute Gasteiger partial charge is 0.462 e. The standard InChI is InChI=1S/C76H128O6/c1-4-7-10-13-16-19-22-25-27-29-31-32-33-34-35-36-37-38-39-40-41-42-43-44-45-47-48-51-54-57-60-63-66-69-75(78)81-72-73(71-80-74(77)68-65-62-59-56-53-50-24-21-18-15-12-9-6-3)82-76(79)70-67-64-61-58-55-52-49-46-30-28-26-23-20-17-14-11-8-5-2/h7,10,16,19,25,27-28,30-32,34-35,37-38,40-41,43-44,47-48,73H,4-6,8-9,11-15,17-18,20-24,26,29,33,36,39,42,45-46,49-72H2,1-3H3/b10-7-,19-16-,27-25-,30-28-,32-31-,35-34-,38-37-,41-40-,44-43-,48-47-. The third kappa shape index (κ3) is 66.6. The summed E-state index contributed by atoms with van der Waals surface area (Å²) in [6, 6.07) is 0. The monoisotopic (exact) mass is 1140 g/mol. The maximum absolute atomic E-state index is 12.9.